The first-order valence-corrected chi connectivity index (χ1v) is 13.5. The van der Waals surface area contributed by atoms with Gasteiger partial charge in [-0.1, -0.05) is 24.3 Å². The maximum absolute atomic E-state index is 12.4. The number of sulfone groups is 1. The molecule has 33 heavy (non-hydrogen) atoms. The zero-order valence-corrected chi connectivity index (χ0v) is 19.6. The molecule has 178 valence electrons. The first kappa shape index (κ1) is 22.6. The second-order valence-corrected chi connectivity index (χ2v) is 11.7. The van der Waals surface area contributed by atoms with E-state index in [0.717, 1.165) is 45.7 Å². The Balaban J connectivity index is 1.22. The Morgan fingerprint density at radius 1 is 1.00 bits per heavy atom. The Hall–Kier alpha value is -2.20. The van der Waals surface area contributed by atoms with Crippen LogP contribution in [-0.2, 0) is 35.9 Å². The molecule has 9 heteroatoms. The Morgan fingerprint density at radius 2 is 1.76 bits per heavy atom. The first-order valence-electron chi connectivity index (χ1n) is 11.7. The molecule has 3 aliphatic heterocycles. The third-order valence-corrected chi connectivity index (χ3v) is 9.01. The van der Waals surface area contributed by atoms with Gasteiger partial charge in [0.05, 0.1) is 17.1 Å². The highest BCUT2D eigenvalue weighted by Gasteiger charge is 2.34. The SMILES string of the molecule is O=c1occ(CN2CCc3ccccc3C2)c(O)c1CN1CCN(C2CCS(=O)(=O)C2)CC1. The molecule has 1 aromatic carbocycles. The van der Waals surface area contributed by atoms with Crippen molar-refractivity contribution >= 4 is 9.84 Å². The summed E-state index contributed by atoms with van der Waals surface area (Å²) in [5.41, 5.74) is 3.12. The molecule has 1 N–H and O–H groups in total. The molecular formula is C24H31N3O5S. The van der Waals surface area contributed by atoms with E-state index in [2.05, 4.69) is 32.9 Å². The van der Waals surface area contributed by atoms with Gasteiger partial charge in [-0.3, -0.25) is 14.7 Å². The number of aromatic hydroxyl groups is 1. The lowest BCUT2D eigenvalue weighted by Crippen LogP contribution is -2.50. The van der Waals surface area contributed by atoms with Crippen LogP contribution in [0.4, 0.5) is 0 Å². The highest BCUT2D eigenvalue weighted by atomic mass is 32.2. The number of hydrogen-bond acceptors (Lipinski definition) is 8. The maximum atomic E-state index is 12.4. The average Bonchev–Trinajstić information content (AvgIpc) is 3.18. The molecule has 0 radical (unpaired) electrons. The molecule has 0 aliphatic carbocycles. The summed E-state index contributed by atoms with van der Waals surface area (Å²) in [6.45, 7) is 5.54. The Kier molecular flexibility index (Phi) is 6.30. The van der Waals surface area contributed by atoms with Gasteiger partial charge in [0.15, 0.2) is 9.84 Å². The van der Waals surface area contributed by atoms with Crippen LogP contribution in [0.5, 0.6) is 5.75 Å². The van der Waals surface area contributed by atoms with Crippen LogP contribution < -0.4 is 5.63 Å². The van der Waals surface area contributed by atoms with E-state index in [9.17, 15) is 18.3 Å². The molecule has 4 heterocycles. The topological polar surface area (TPSA) is 94.3 Å². The summed E-state index contributed by atoms with van der Waals surface area (Å²) < 4.78 is 28.9. The van der Waals surface area contributed by atoms with Crippen LogP contribution in [0.25, 0.3) is 0 Å². The number of hydrogen-bond donors (Lipinski definition) is 1. The van der Waals surface area contributed by atoms with Crippen LogP contribution in [0.15, 0.2) is 39.7 Å². The van der Waals surface area contributed by atoms with Crippen LogP contribution in [0.3, 0.4) is 0 Å². The normalized spacial score (nSPS) is 24.1. The van der Waals surface area contributed by atoms with Gasteiger partial charge in [-0.05, 0) is 24.0 Å². The van der Waals surface area contributed by atoms with Crippen molar-refractivity contribution < 1.29 is 17.9 Å². The van der Waals surface area contributed by atoms with Crippen molar-refractivity contribution in [3.05, 3.63) is 63.2 Å². The summed E-state index contributed by atoms with van der Waals surface area (Å²) in [6.07, 6.45) is 3.06. The van der Waals surface area contributed by atoms with Crippen molar-refractivity contribution in [3.8, 4) is 5.75 Å². The molecule has 0 amide bonds. The van der Waals surface area contributed by atoms with Crippen molar-refractivity contribution in [1.29, 1.82) is 0 Å². The molecule has 1 atom stereocenters. The number of benzene rings is 1. The summed E-state index contributed by atoms with van der Waals surface area (Å²) in [7, 11) is -2.90. The Morgan fingerprint density at radius 3 is 2.48 bits per heavy atom. The number of rotatable bonds is 5. The van der Waals surface area contributed by atoms with Gasteiger partial charge in [-0.25, -0.2) is 13.2 Å². The van der Waals surface area contributed by atoms with Gasteiger partial charge in [0.2, 0.25) is 0 Å². The van der Waals surface area contributed by atoms with Crippen LogP contribution in [0.1, 0.15) is 28.7 Å². The van der Waals surface area contributed by atoms with Crippen molar-refractivity contribution in [2.24, 2.45) is 0 Å². The fourth-order valence-electron chi connectivity index (χ4n) is 5.30. The van der Waals surface area contributed by atoms with Gasteiger partial charge < -0.3 is 9.52 Å². The van der Waals surface area contributed by atoms with E-state index in [-0.39, 0.29) is 23.3 Å². The summed E-state index contributed by atoms with van der Waals surface area (Å²) in [5.74, 6) is 0.567. The van der Waals surface area contributed by atoms with Crippen molar-refractivity contribution in [2.75, 3.05) is 44.2 Å². The minimum absolute atomic E-state index is 0.0365. The minimum Gasteiger partial charge on any atom is -0.507 e. The molecule has 5 rings (SSSR count). The molecule has 0 spiro atoms. The molecular weight excluding hydrogens is 442 g/mol. The summed E-state index contributed by atoms with van der Waals surface area (Å²) in [5, 5.41) is 10.9. The summed E-state index contributed by atoms with van der Waals surface area (Å²) in [6, 6.07) is 8.51. The van der Waals surface area contributed by atoms with E-state index in [0.29, 0.717) is 30.6 Å². The van der Waals surface area contributed by atoms with Crippen LogP contribution in [0.2, 0.25) is 0 Å². The minimum atomic E-state index is -2.90. The molecule has 1 unspecified atom stereocenters. The second-order valence-electron chi connectivity index (χ2n) is 9.47. The van der Waals surface area contributed by atoms with Gasteiger partial charge in [0.1, 0.15) is 12.0 Å². The zero-order chi connectivity index (χ0) is 23.0. The predicted octanol–water partition coefficient (Wildman–Crippen LogP) is 1.21. The standard InChI is InChI=1S/C24H31N3O5S/c28-23-20(14-26-7-5-18-3-1-2-4-19(18)13-26)16-32-24(29)22(23)15-25-8-10-27(11-9-25)21-6-12-33(30,31)17-21/h1-4,16,21,28H,5-15,17H2. The molecule has 1 aromatic heterocycles. The lowest BCUT2D eigenvalue weighted by molar-refractivity contribution is 0.0985. The van der Waals surface area contributed by atoms with Gasteiger partial charge in [-0.2, -0.15) is 0 Å². The first-order chi connectivity index (χ1) is 15.9. The van der Waals surface area contributed by atoms with Crippen molar-refractivity contribution in [2.45, 2.75) is 38.5 Å². The van der Waals surface area contributed by atoms with Crippen molar-refractivity contribution in [3.63, 3.8) is 0 Å². The average molecular weight is 474 g/mol. The van der Waals surface area contributed by atoms with Crippen LogP contribution in [0, 0.1) is 0 Å². The molecule has 0 saturated carbocycles. The fourth-order valence-corrected chi connectivity index (χ4v) is 7.06. The van der Waals surface area contributed by atoms with E-state index in [1.807, 2.05) is 6.07 Å². The van der Waals surface area contributed by atoms with Gasteiger partial charge in [0, 0.05) is 64.0 Å². The molecule has 2 fully saturated rings. The molecule has 8 nitrogen and oxygen atoms in total. The smallest absolute Gasteiger partial charge is 0.343 e. The number of piperazine rings is 1. The van der Waals surface area contributed by atoms with E-state index >= 15 is 0 Å². The quantitative estimate of drug-likeness (QED) is 0.693. The van der Waals surface area contributed by atoms with Gasteiger partial charge in [0.25, 0.3) is 0 Å². The molecule has 2 saturated heterocycles. The van der Waals surface area contributed by atoms with E-state index in [1.54, 1.807) is 0 Å². The van der Waals surface area contributed by atoms with Gasteiger partial charge in [-0.15, -0.1) is 0 Å². The second kappa shape index (κ2) is 9.21. The van der Waals surface area contributed by atoms with E-state index in [1.165, 1.54) is 17.4 Å². The highest BCUT2D eigenvalue weighted by molar-refractivity contribution is 7.91. The molecule has 3 aliphatic rings. The summed E-state index contributed by atoms with van der Waals surface area (Å²) in [4.78, 5) is 19.1. The third kappa shape index (κ3) is 5.01. The Labute approximate surface area is 194 Å². The van der Waals surface area contributed by atoms with E-state index in [4.69, 9.17) is 4.42 Å². The third-order valence-electron chi connectivity index (χ3n) is 7.26. The molecule has 0 bridgehead atoms. The monoisotopic (exact) mass is 473 g/mol. The van der Waals surface area contributed by atoms with Crippen LogP contribution in [-0.4, -0.2) is 78.5 Å². The highest BCUT2D eigenvalue weighted by Crippen LogP contribution is 2.26. The summed E-state index contributed by atoms with van der Waals surface area (Å²) >= 11 is 0. The molecule has 2 aromatic rings. The lowest BCUT2D eigenvalue weighted by Gasteiger charge is -2.37. The van der Waals surface area contributed by atoms with E-state index < -0.39 is 15.5 Å². The maximum Gasteiger partial charge on any atom is 0.343 e. The largest absolute Gasteiger partial charge is 0.507 e. The number of nitrogens with zero attached hydrogens (tertiary/aromatic N) is 3. The zero-order valence-electron chi connectivity index (χ0n) is 18.8. The van der Waals surface area contributed by atoms with Crippen LogP contribution >= 0.6 is 0 Å². The lowest BCUT2D eigenvalue weighted by atomic mass is 9.99. The van der Waals surface area contributed by atoms with Gasteiger partial charge >= 0.3 is 5.63 Å². The predicted molar refractivity (Wildman–Crippen MR) is 125 cm³/mol. The fraction of sp³-hybridized carbons (Fsp3) is 0.542. The Bertz CT molecular complexity index is 1170. The number of fused-ring (bicyclic) bond motifs is 1. The van der Waals surface area contributed by atoms with Crippen molar-refractivity contribution in [1.82, 2.24) is 14.7 Å².